The van der Waals surface area contributed by atoms with Crippen molar-refractivity contribution in [3.05, 3.63) is 29.3 Å². The number of anilines is 1. The molecule has 78 valence electrons. The van der Waals surface area contributed by atoms with Gasteiger partial charge in [0, 0.05) is 24.8 Å². The predicted molar refractivity (Wildman–Crippen MR) is 60.7 cm³/mol. The highest BCUT2D eigenvalue weighted by Gasteiger charge is 2.05. The third kappa shape index (κ3) is 2.48. The molecule has 0 aliphatic carbocycles. The van der Waals surface area contributed by atoms with Crippen LogP contribution in [0.2, 0.25) is 0 Å². The lowest BCUT2D eigenvalue weighted by Crippen LogP contribution is -2.19. The lowest BCUT2D eigenvalue weighted by Gasteiger charge is -2.21. The number of aryl methyl sites for hydroxylation is 1. The van der Waals surface area contributed by atoms with Gasteiger partial charge in [-0.25, -0.2) is 0 Å². The van der Waals surface area contributed by atoms with Crippen molar-refractivity contribution in [3.8, 4) is 0 Å². The highest BCUT2D eigenvalue weighted by molar-refractivity contribution is 5.54. The molecular weight excluding hydrogens is 174 g/mol. The first-order valence-electron chi connectivity index (χ1n) is 5.10. The summed E-state index contributed by atoms with van der Waals surface area (Å²) in [4.78, 5) is 2.19. The normalized spacial score (nSPS) is 10.3. The van der Waals surface area contributed by atoms with Gasteiger partial charge in [-0.2, -0.15) is 0 Å². The van der Waals surface area contributed by atoms with Crippen LogP contribution in [0.25, 0.3) is 0 Å². The van der Waals surface area contributed by atoms with Crippen LogP contribution in [-0.4, -0.2) is 18.7 Å². The predicted octanol–water partition coefficient (Wildman–Crippen LogP) is 2.33. The molecule has 1 N–H and O–H groups in total. The molecule has 0 bridgehead atoms. The van der Waals surface area contributed by atoms with Crippen LogP contribution in [0.15, 0.2) is 18.2 Å². The van der Waals surface area contributed by atoms with E-state index in [4.69, 9.17) is 0 Å². The van der Waals surface area contributed by atoms with Crippen molar-refractivity contribution in [3.63, 3.8) is 0 Å². The number of nitrogens with zero attached hydrogens (tertiary/aromatic N) is 1. The van der Waals surface area contributed by atoms with Crippen molar-refractivity contribution < 1.29 is 5.11 Å². The second-order valence-corrected chi connectivity index (χ2v) is 3.71. The Kier molecular flexibility index (Phi) is 3.96. The Labute approximate surface area is 86.2 Å². The van der Waals surface area contributed by atoms with Gasteiger partial charge in [-0.3, -0.25) is 0 Å². The Hall–Kier alpha value is -1.02. The Balaban J connectivity index is 2.95. The molecule has 0 radical (unpaired) electrons. The van der Waals surface area contributed by atoms with Gasteiger partial charge in [0.2, 0.25) is 0 Å². The van der Waals surface area contributed by atoms with Crippen LogP contribution in [0, 0.1) is 6.92 Å². The fraction of sp³-hybridized carbons (Fsp3) is 0.500. The van der Waals surface area contributed by atoms with Gasteiger partial charge in [0.1, 0.15) is 0 Å². The number of aliphatic hydroxyl groups excluding tert-OH is 1. The lowest BCUT2D eigenvalue weighted by molar-refractivity contribution is 0.282. The van der Waals surface area contributed by atoms with Crippen molar-refractivity contribution in [1.82, 2.24) is 0 Å². The van der Waals surface area contributed by atoms with Gasteiger partial charge < -0.3 is 10.0 Å². The largest absolute Gasteiger partial charge is 0.392 e. The Morgan fingerprint density at radius 2 is 2.07 bits per heavy atom. The minimum Gasteiger partial charge on any atom is -0.392 e. The summed E-state index contributed by atoms with van der Waals surface area (Å²) in [5.74, 6) is 0. The second-order valence-electron chi connectivity index (χ2n) is 3.71. The molecule has 0 unspecified atom stereocenters. The first-order valence-corrected chi connectivity index (χ1v) is 5.10. The monoisotopic (exact) mass is 193 g/mol. The first kappa shape index (κ1) is 11.1. The number of benzene rings is 1. The summed E-state index contributed by atoms with van der Waals surface area (Å²) in [7, 11) is 2.06. The molecule has 0 saturated heterocycles. The van der Waals surface area contributed by atoms with E-state index < -0.39 is 0 Å². The minimum atomic E-state index is 0.116. The molecule has 14 heavy (non-hydrogen) atoms. The summed E-state index contributed by atoms with van der Waals surface area (Å²) in [6.45, 7) is 5.34. The third-order valence-electron chi connectivity index (χ3n) is 2.38. The zero-order chi connectivity index (χ0) is 10.6. The van der Waals surface area contributed by atoms with Crippen molar-refractivity contribution in [2.24, 2.45) is 0 Å². The van der Waals surface area contributed by atoms with E-state index in [9.17, 15) is 5.11 Å². The number of rotatable bonds is 4. The van der Waals surface area contributed by atoms with Gasteiger partial charge in [-0.15, -0.1) is 0 Å². The van der Waals surface area contributed by atoms with E-state index in [2.05, 4.69) is 31.0 Å². The zero-order valence-electron chi connectivity index (χ0n) is 9.25. The third-order valence-corrected chi connectivity index (χ3v) is 2.38. The minimum absolute atomic E-state index is 0.116. The molecule has 0 fully saturated rings. The van der Waals surface area contributed by atoms with Gasteiger partial charge in [-0.05, 0) is 19.4 Å². The number of aliphatic hydroxyl groups is 1. The molecule has 0 aliphatic heterocycles. The van der Waals surface area contributed by atoms with E-state index in [1.807, 2.05) is 13.0 Å². The fourth-order valence-corrected chi connectivity index (χ4v) is 1.67. The molecule has 0 heterocycles. The molecule has 1 aromatic rings. The fourth-order valence-electron chi connectivity index (χ4n) is 1.67. The Morgan fingerprint density at radius 3 is 2.64 bits per heavy atom. The smallest absolute Gasteiger partial charge is 0.0702 e. The van der Waals surface area contributed by atoms with Crippen LogP contribution in [0.3, 0.4) is 0 Å². The van der Waals surface area contributed by atoms with E-state index in [0.29, 0.717) is 0 Å². The molecule has 0 atom stereocenters. The van der Waals surface area contributed by atoms with E-state index in [0.717, 1.165) is 24.2 Å². The standard InChI is InChI=1S/C12H19NO/c1-4-7-13(3)12-6-5-10(2)8-11(12)9-14/h5-6,8,14H,4,7,9H2,1-3H3. The summed E-state index contributed by atoms with van der Waals surface area (Å²) >= 11 is 0. The summed E-state index contributed by atoms with van der Waals surface area (Å²) in [6, 6.07) is 6.21. The second kappa shape index (κ2) is 5.01. The van der Waals surface area contributed by atoms with Gasteiger partial charge in [-0.1, -0.05) is 24.6 Å². The summed E-state index contributed by atoms with van der Waals surface area (Å²) in [6.07, 6.45) is 1.12. The van der Waals surface area contributed by atoms with Crippen molar-refractivity contribution in [2.75, 3.05) is 18.5 Å². The highest BCUT2D eigenvalue weighted by Crippen LogP contribution is 2.20. The van der Waals surface area contributed by atoms with E-state index in [-0.39, 0.29) is 6.61 Å². The maximum absolute atomic E-state index is 9.23. The van der Waals surface area contributed by atoms with Crippen molar-refractivity contribution in [1.29, 1.82) is 0 Å². The molecule has 0 saturated carbocycles. The molecule has 0 aliphatic rings. The maximum atomic E-state index is 9.23. The first-order chi connectivity index (χ1) is 6.69. The van der Waals surface area contributed by atoms with E-state index in [1.54, 1.807) is 0 Å². The van der Waals surface area contributed by atoms with Crippen LogP contribution in [0.1, 0.15) is 24.5 Å². The summed E-state index contributed by atoms with van der Waals surface area (Å²) < 4.78 is 0. The van der Waals surface area contributed by atoms with Crippen molar-refractivity contribution in [2.45, 2.75) is 26.9 Å². The Morgan fingerprint density at radius 1 is 1.36 bits per heavy atom. The molecule has 1 rings (SSSR count). The molecule has 2 nitrogen and oxygen atoms in total. The van der Waals surface area contributed by atoms with E-state index >= 15 is 0 Å². The van der Waals surface area contributed by atoms with Crippen molar-refractivity contribution >= 4 is 5.69 Å². The van der Waals surface area contributed by atoms with Gasteiger partial charge in [0.05, 0.1) is 6.61 Å². The molecule has 0 aromatic heterocycles. The molecular formula is C12H19NO. The lowest BCUT2D eigenvalue weighted by atomic mass is 10.1. The van der Waals surface area contributed by atoms with Crippen LogP contribution < -0.4 is 4.90 Å². The zero-order valence-corrected chi connectivity index (χ0v) is 9.25. The molecule has 0 amide bonds. The molecule has 2 heteroatoms. The van der Waals surface area contributed by atoms with Crippen LogP contribution in [0.5, 0.6) is 0 Å². The summed E-state index contributed by atoms with van der Waals surface area (Å²) in [5.41, 5.74) is 3.35. The number of hydrogen-bond donors (Lipinski definition) is 1. The van der Waals surface area contributed by atoms with Crippen LogP contribution >= 0.6 is 0 Å². The van der Waals surface area contributed by atoms with Crippen LogP contribution in [-0.2, 0) is 6.61 Å². The number of hydrogen-bond acceptors (Lipinski definition) is 2. The van der Waals surface area contributed by atoms with Gasteiger partial charge in [0.25, 0.3) is 0 Å². The average molecular weight is 193 g/mol. The summed E-state index contributed by atoms with van der Waals surface area (Å²) in [5, 5.41) is 9.23. The average Bonchev–Trinajstić information content (AvgIpc) is 2.17. The Bertz CT molecular complexity index is 296. The van der Waals surface area contributed by atoms with E-state index in [1.165, 1.54) is 5.56 Å². The van der Waals surface area contributed by atoms with Crippen LogP contribution in [0.4, 0.5) is 5.69 Å². The molecule has 1 aromatic carbocycles. The van der Waals surface area contributed by atoms with Gasteiger partial charge in [0.15, 0.2) is 0 Å². The highest BCUT2D eigenvalue weighted by atomic mass is 16.3. The topological polar surface area (TPSA) is 23.5 Å². The van der Waals surface area contributed by atoms with Gasteiger partial charge >= 0.3 is 0 Å². The quantitative estimate of drug-likeness (QED) is 0.793. The molecule has 0 spiro atoms. The SMILES string of the molecule is CCCN(C)c1ccc(C)cc1CO. The maximum Gasteiger partial charge on any atom is 0.0702 e.